The van der Waals surface area contributed by atoms with Crippen molar-refractivity contribution in [3.8, 4) is 0 Å². The molecule has 0 aliphatic carbocycles. The zero-order valence-corrected chi connectivity index (χ0v) is 21.9. The molecule has 1 spiro atoms. The van der Waals surface area contributed by atoms with Gasteiger partial charge in [0.25, 0.3) is 0 Å². The minimum absolute atomic E-state index is 0.183. The first-order chi connectivity index (χ1) is 17.8. The molecule has 8 heteroatoms. The monoisotopic (exact) mass is 507 g/mol. The molecule has 1 N–H and O–H groups in total. The molecule has 4 aliphatic rings. The van der Waals surface area contributed by atoms with Gasteiger partial charge in [-0.05, 0) is 31.9 Å². The number of para-hydroxylation sites is 1. The number of hydrogen-bond acceptors (Lipinski definition) is 5. The lowest BCUT2D eigenvalue weighted by Gasteiger charge is -2.40. The van der Waals surface area contributed by atoms with E-state index in [0.717, 1.165) is 18.5 Å². The number of nitrogens with zero attached hydrogens (tertiary/aromatic N) is 3. The Bertz CT molecular complexity index is 1120. The predicted molar refractivity (Wildman–Crippen MR) is 140 cm³/mol. The summed E-state index contributed by atoms with van der Waals surface area (Å²) in [5.41, 5.74) is -1.60. The van der Waals surface area contributed by atoms with Gasteiger partial charge in [0.1, 0.15) is 11.6 Å². The Morgan fingerprint density at radius 1 is 1.00 bits per heavy atom. The number of aliphatic hydroxyl groups is 1. The van der Waals surface area contributed by atoms with E-state index in [2.05, 4.69) is 6.92 Å². The van der Waals surface area contributed by atoms with Crippen molar-refractivity contribution in [1.82, 2.24) is 9.80 Å². The molecule has 6 atom stereocenters. The summed E-state index contributed by atoms with van der Waals surface area (Å²) in [6.45, 7) is 6.92. The molecule has 0 radical (unpaired) electrons. The smallest absolute Gasteiger partial charge is 0.249 e. The third kappa shape index (κ3) is 3.84. The minimum Gasteiger partial charge on any atom is -0.394 e. The van der Waals surface area contributed by atoms with Crippen LogP contribution in [-0.4, -0.2) is 82.2 Å². The molecule has 2 fully saturated rings. The molecule has 5 rings (SSSR count). The summed E-state index contributed by atoms with van der Waals surface area (Å²) in [4.78, 5) is 47.7. The van der Waals surface area contributed by atoms with Crippen LogP contribution in [0.5, 0.6) is 0 Å². The van der Waals surface area contributed by atoms with Gasteiger partial charge in [0, 0.05) is 25.3 Å². The summed E-state index contributed by atoms with van der Waals surface area (Å²) in [5.74, 6) is -2.37. The Labute approximate surface area is 218 Å². The van der Waals surface area contributed by atoms with Crippen molar-refractivity contribution in [2.24, 2.45) is 11.8 Å². The maximum absolute atomic E-state index is 14.3. The maximum atomic E-state index is 14.3. The maximum Gasteiger partial charge on any atom is 0.249 e. The second-order valence-electron chi connectivity index (χ2n) is 10.7. The van der Waals surface area contributed by atoms with Crippen LogP contribution in [0.3, 0.4) is 0 Å². The number of anilines is 1. The number of aliphatic hydroxyl groups excluding tert-OH is 1. The van der Waals surface area contributed by atoms with Gasteiger partial charge in [-0.25, -0.2) is 0 Å². The second-order valence-corrected chi connectivity index (χ2v) is 10.7. The summed E-state index contributed by atoms with van der Waals surface area (Å²) >= 11 is 0. The number of fused-ring (bicyclic) bond motifs is 2. The van der Waals surface area contributed by atoms with Gasteiger partial charge in [0.15, 0.2) is 0 Å². The zero-order chi connectivity index (χ0) is 26.4. The van der Waals surface area contributed by atoms with Gasteiger partial charge < -0.3 is 24.5 Å². The van der Waals surface area contributed by atoms with Gasteiger partial charge >= 0.3 is 0 Å². The number of carbonyl (C=O) groups excluding carboxylic acids is 3. The second kappa shape index (κ2) is 9.72. The van der Waals surface area contributed by atoms with E-state index in [4.69, 9.17) is 4.74 Å². The SMILES string of the molecule is CCCCN1CC=C[C@]23O[C@@]4(C)C=CCN(c5ccccc5)C(=O)[C@H]4[C@H]2C(=O)N([C@@H](CC)CO)C3C1=O. The van der Waals surface area contributed by atoms with Crippen LogP contribution in [0.2, 0.25) is 0 Å². The standard InChI is InChI=1S/C29H37N3O5/c1-4-6-16-30-17-11-15-29-23(26(35)32(20(5-2)19-33)24(29)27(30)36)22-25(34)31(21-12-8-7-9-13-21)18-10-14-28(22,3)37-29/h7-15,20,22-24,33H,4-6,16-19H2,1-3H3/t20-,22+,23-,24?,28-,29-/m0/s1. The van der Waals surface area contributed by atoms with Gasteiger partial charge in [0.05, 0.1) is 30.1 Å². The first-order valence-electron chi connectivity index (χ1n) is 13.5. The highest BCUT2D eigenvalue weighted by atomic mass is 16.5. The number of hydrogen-bond donors (Lipinski definition) is 1. The highest BCUT2D eigenvalue weighted by Crippen LogP contribution is 2.58. The number of carbonyl (C=O) groups is 3. The Balaban J connectivity index is 1.64. The van der Waals surface area contributed by atoms with E-state index in [1.54, 1.807) is 9.80 Å². The first-order valence-corrected chi connectivity index (χ1v) is 13.5. The van der Waals surface area contributed by atoms with E-state index < -0.39 is 35.1 Å². The molecule has 4 aliphatic heterocycles. The van der Waals surface area contributed by atoms with E-state index in [9.17, 15) is 19.5 Å². The van der Waals surface area contributed by atoms with Crippen molar-refractivity contribution in [2.75, 3.05) is 31.1 Å². The van der Waals surface area contributed by atoms with Crippen LogP contribution in [-0.2, 0) is 19.1 Å². The summed E-state index contributed by atoms with van der Waals surface area (Å²) in [5, 5.41) is 10.2. The Morgan fingerprint density at radius 3 is 2.41 bits per heavy atom. The summed E-state index contributed by atoms with van der Waals surface area (Å²) < 4.78 is 6.83. The Morgan fingerprint density at radius 2 is 1.73 bits per heavy atom. The van der Waals surface area contributed by atoms with E-state index >= 15 is 0 Å². The summed E-state index contributed by atoms with van der Waals surface area (Å²) in [7, 11) is 0. The molecule has 3 amide bonds. The number of amides is 3. The van der Waals surface area contributed by atoms with Crippen LogP contribution in [0.1, 0.15) is 40.0 Å². The molecule has 2 saturated heterocycles. The number of likely N-dealkylation sites (tertiary alicyclic amines) is 1. The fraction of sp³-hybridized carbons (Fsp3) is 0.552. The van der Waals surface area contributed by atoms with Crippen LogP contribution in [0, 0.1) is 11.8 Å². The molecular weight excluding hydrogens is 470 g/mol. The lowest BCUT2D eigenvalue weighted by atomic mass is 9.74. The van der Waals surface area contributed by atoms with Crippen molar-refractivity contribution in [3.05, 3.63) is 54.6 Å². The lowest BCUT2D eigenvalue weighted by Crippen LogP contribution is -2.58. The van der Waals surface area contributed by atoms with Gasteiger partial charge in [-0.3, -0.25) is 14.4 Å². The summed E-state index contributed by atoms with van der Waals surface area (Å²) in [6.07, 6.45) is 9.85. The third-order valence-corrected chi connectivity index (χ3v) is 8.50. The van der Waals surface area contributed by atoms with Crippen LogP contribution in [0.4, 0.5) is 5.69 Å². The topological polar surface area (TPSA) is 90.4 Å². The van der Waals surface area contributed by atoms with E-state index in [1.807, 2.05) is 68.5 Å². The Hall–Kier alpha value is -2.97. The number of benzene rings is 1. The fourth-order valence-corrected chi connectivity index (χ4v) is 6.70. The van der Waals surface area contributed by atoms with Gasteiger partial charge in [-0.2, -0.15) is 0 Å². The zero-order valence-electron chi connectivity index (χ0n) is 21.9. The molecule has 0 saturated carbocycles. The quantitative estimate of drug-likeness (QED) is 0.573. The van der Waals surface area contributed by atoms with Crippen molar-refractivity contribution >= 4 is 23.4 Å². The van der Waals surface area contributed by atoms with Crippen LogP contribution in [0.15, 0.2) is 54.6 Å². The average Bonchev–Trinajstić information content (AvgIpc) is 3.17. The molecule has 37 heavy (non-hydrogen) atoms. The van der Waals surface area contributed by atoms with E-state index in [-0.39, 0.29) is 24.3 Å². The molecular formula is C29H37N3O5. The average molecular weight is 508 g/mol. The third-order valence-electron chi connectivity index (χ3n) is 8.50. The largest absolute Gasteiger partial charge is 0.394 e. The first kappa shape index (κ1) is 25.7. The molecule has 8 nitrogen and oxygen atoms in total. The highest BCUT2D eigenvalue weighted by molar-refractivity contribution is 6.04. The van der Waals surface area contributed by atoms with Crippen molar-refractivity contribution in [3.63, 3.8) is 0 Å². The lowest BCUT2D eigenvalue weighted by molar-refractivity contribution is -0.154. The predicted octanol–water partition coefficient (Wildman–Crippen LogP) is 2.53. The minimum atomic E-state index is -1.29. The van der Waals surface area contributed by atoms with Gasteiger partial charge in [-0.15, -0.1) is 0 Å². The van der Waals surface area contributed by atoms with Crippen LogP contribution >= 0.6 is 0 Å². The van der Waals surface area contributed by atoms with E-state index in [1.165, 1.54) is 4.90 Å². The molecule has 0 bridgehead atoms. The fourth-order valence-electron chi connectivity index (χ4n) is 6.70. The van der Waals surface area contributed by atoms with Crippen molar-refractivity contribution in [2.45, 2.75) is 63.3 Å². The molecule has 198 valence electrons. The normalized spacial score (nSPS) is 33.8. The van der Waals surface area contributed by atoms with Gasteiger partial charge in [-0.1, -0.05) is 62.8 Å². The molecule has 1 aromatic rings. The van der Waals surface area contributed by atoms with Gasteiger partial charge in [0.2, 0.25) is 17.7 Å². The highest BCUT2D eigenvalue weighted by Gasteiger charge is 2.75. The number of ether oxygens (including phenoxy) is 1. The molecule has 0 aromatic heterocycles. The van der Waals surface area contributed by atoms with E-state index in [0.29, 0.717) is 26.1 Å². The molecule has 1 unspecified atom stereocenters. The summed E-state index contributed by atoms with van der Waals surface area (Å²) in [6, 6.07) is 7.94. The van der Waals surface area contributed by atoms with Crippen molar-refractivity contribution < 1.29 is 24.2 Å². The van der Waals surface area contributed by atoms with Crippen LogP contribution < -0.4 is 4.90 Å². The molecule has 4 heterocycles. The Kier molecular flexibility index (Phi) is 6.75. The number of rotatable bonds is 7. The van der Waals surface area contributed by atoms with Crippen LogP contribution in [0.25, 0.3) is 0 Å². The number of unbranched alkanes of at least 4 members (excludes halogenated alkanes) is 1. The van der Waals surface area contributed by atoms with Crippen molar-refractivity contribution in [1.29, 1.82) is 0 Å². The molecule has 1 aromatic carbocycles.